The normalized spacial score (nSPS) is 12.3. The van der Waals surface area contributed by atoms with Crippen molar-refractivity contribution in [1.29, 1.82) is 0 Å². The van der Waals surface area contributed by atoms with E-state index in [1.807, 2.05) is 72.8 Å². The molecule has 0 saturated heterocycles. The molecule has 1 unspecified atom stereocenters. The molecule has 0 aliphatic rings. The topological polar surface area (TPSA) is 109 Å². The van der Waals surface area contributed by atoms with Crippen molar-refractivity contribution in [3.63, 3.8) is 0 Å². The van der Waals surface area contributed by atoms with Crippen LogP contribution in [0.15, 0.2) is 158 Å². The standard InChI is InChI=1S/C42H34N6O2/c49-27-37(29-13-5-1-6-14-29)46-41(50)40-44-35-25-34-38(26-36(35)45-40)48(47-39(34)30-21-23-43-24-22-30)28-42(31-15-7-2-8-16-31,32-17-9-3-10-18-32)33-19-11-4-12-20-33/h1-26,37,49H,27-28H2,(H,44,45)(H,46,50). The fourth-order valence-electron chi connectivity index (χ4n) is 6.94. The summed E-state index contributed by atoms with van der Waals surface area (Å²) in [7, 11) is 0. The average molecular weight is 655 g/mol. The number of benzene rings is 5. The number of aliphatic hydroxyl groups is 1. The fraction of sp³-hybridized carbons (Fsp3) is 0.0952. The van der Waals surface area contributed by atoms with Gasteiger partial charge in [0.25, 0.3) is 5.91 Å². The van der Waals surface area contributed by atoms with Gasteiger partial charge in [0.1, 0.15) is 5.69 Å². The summed E-state index contributed by atoms with van der Waals surface area (Å²) in [4.78, 5) is 25.7. The molecule has 8 nitrogen and oxygen atoms in total. The van der Waals surface area contributed by atoms with Crippen LogP contribution in [0.3, 0.4) is 0 Å². The first kappa shape index (κ1) is 30.9. The van der Waals surface area contributed by atoms with E-state index in [2.05, 4.69) is 92.8 Å². The van der Waals surface area contributed by atoms with E-state index in [4.69, 9.17) is 10.1 Å². The highest BCUT2D eigenvalue weighted by Gasteiger charge is 2.38. The fourth-order valence-corrected chi connectivity index (χ4v) is 6.94. The number of aromatic nitrogens is 5. The molecule has 0 aliphatic carbocycles. The van der Waals surface area contributed by atoms with Gasteiger partial charge in [-0.1, -0.05) is 121 Å². The highest BCUT2D eigenvalue weighted by Crippen LogP contribution is 2.42. The Kier molecular flexibility index (Phi) is 8.20. The van der Waals surface area contributed by atoms with Crippen LogP contribution < -0.4 is 5.32 Å². The lowest BCUT2D eigenvalue weighted by Gasteiger charge is -2.36. The predicted molar refractivity (Wildman–Crippen MR) is 196 cm³/mol. The molecule has 0 saturated carbocycles. The van der Waals surface area contributed by atoms with Crippen molar-refractivity contribution in [2.24, 2.45) is 0 Å². The Hall–Kier alpha value is -6.38. The Labute approximate surface area is 289 Å². The molecular weight excluding hydrogens is 621 g/mol. The summed E-state index contributed by atoms with van der Waals surface area (Å²) >= 11 is 0. The maximum atomic E-state index is 13.5. The quantitative estimate of drug-likeness (QED) is 0.133. The maximum Gasteiger partial charge on any atom is 0.287 e. The first-order valence-electron chi connectivity index (χ1n) is 16.6. The summed E-state index contributed by atoms with van der Waals surface area (Å²) in [6.45, 7) is 0.256. The number of imidazole rings is 1. The van der Waals surface area contributed by atoms with Crippen LogP contribution in [0.2, 0.25) is 0 Å². The van der Waals surface area contributed by atoms with Crippen LogP contribution in [0, 0.1) is 0 Å². The molecule has 244 valence electrons. The smallest absolute Gasteiger partial charge is 0.287 e. The van der Waals surface area contributed by atoms with Gasteiger partial charge in [0.15, 0.2) is 5.82 Å². The summed E-state index contributed by atoms with van der Waals surface area (Å²) in [5.41, 5.74) is 7.60. The van der Waals surface area contributed by atoms with Crippen LogP contribution in [0.1, 0.15) is 38.9 Å². The van der Waals surface area contributed by atoms with Crippen molar-refractivity contribution in [2.75, 3.05) is 6.61 Å². The number of hydrogen-bond acceptors (Lipinski definition) is 5. The van der Waals surface area contributed by atoms with Crippen molar-refractivity contribution < 1.29 is 9.90 Å². The first-order valence-corrected chi connectivity index (χ1v) is 16.6. The Bertz CT molecular complexity index is 2280. The van der Waals surface area contributed by atoms with Crippen LogP contribution in [0.25, 0.3) is 33.2 Å². The predicted octanol–water partition coefficient (Wildman–Crippen LogP) is 7.47. The number of amides is 1. The van der Waals surface area contributed by atoms with Gasteiger partial charge in [-0.05, 0) is 46.5 Å². The Balaban J connectivity index is 1.30. The zero-order valence-corrected chi connectivity index (χ0v) is 27.1. The van der Waals surface area contributed by atoms with Crippen LogP contribution >= 0.6 is 0 Å². The first-order chi connectivity index (χ1) is 24.6. The molecule has 8 heteroatoms. The number of rotatable bonds is 10. The van der Waals surface area contributed by atoms with Crippen molar-refractivity contribution in [3.05, 3.63) is 186 Å². The van der Waals surface area contributed by atoms with Gasteiger partial charge in [-0.3, -0.25) is 14.5 Å². The molecule has 5 aromatic carbocycles. The van der Waals surface area contributed by atoms with Gasteiger partial charge in [0.2, 0.25) is 0 Å². The minimum atomic E-state index is -0.594. The van der Waals surface area contributed by atoms with Crippen molar-refractivity contribution in [2.45, 2.75) is 18.0 Å². The lowest BCUT2D eigenvalue weighted by atomic mass is 9.69. The number of aromatic amines is 1. The Morgan fingerprint density at radius 1 is 0.760 bits per heavy atom. The van der Waals surface area contributed by atoms with E-state index in [-0.39, 0.29) is 12.4 Å². The number of fused-ring (bicyclic) bond motifs is 2. The molecule has 3 N–H and O–H groups in total. The largest absolute Gasteiger partial charge is 0.394 e. The summed E-state index contributed by atoms with van der Waals surface area (Å²) < 4.78 is 2.08. The molecule has 0 fully saturated rings. The molecule has 1 amide bonds. The van der Waals surface area contributed by atoms with E-state index in [0.717, 1.165) is 44.4 Å². The van der Waals surface area contributed by atoms with E-state index in [0.29, 0.717) is 17.6 Å². The number of H-pyrrole nitrogens is 1. The average Bonchev–Trinajstić information content (AvgIpc) is 3.77. The Morgan fingerprint density at radius 3 is 1.88 bits per heavy atom. The van der Waals surface area contributed by atoms with E-state index >= 15 is 0 Å². The van der Waals surface area contributed by atoms with Crippen LogP contribution in [0.5, 0.6) is 0 Å². The maximum absolute atomic E-state index is 13.5. The second-order valence-electron chi connectivity index (χ2n) is 12.3. The third-order valence-corrected chi connectivity index (χ3v) is 9.40. The van der Waals surface area contributed by atoms with E-state index in [9.17, 15) is 9.90 Å². The number of aliphatic hydroxyl groups excluding tert-OH is 1. The molecule has 0 spiro atoms. The molecule has 3 heterocycles. The molecule has 0 radical (unpaired) electrons. The molecule has 1 atom stereocenters. The molecule has 0 aliphatic heterocycles. The van der Waals surface area contributed by atoms with Gasteiger partial charge in [-0.25, -0.2) is 4.98 Å². The molecule has 8 aromatic rings. The summed E-state index contributed by atoms with van der Waals surface area (Å²) in [5.74, 6) is -0.236. The molecule has 0 bridgehead atoms. The van der Waals surface area contributed by atoms with Gasteiger partial charge >= 0.3 is 0 Å². The number of nitrogens with zero attached hydrogens (tertiary/aromatic N) is 4. The van der Waals surface area contributed by atoms with E-state index < -0.39 is 17.4 Å². The summed E-state index contributed by atoms with van der Waals surface area (Å²) in [6, 6.07) is 48.5. The lowest BCUT2D eigenvalue weighted by molar-refractivity contribution is 0.0907. The number of carbonyl (C=O) groups is 1. The van der Waals surface area contributed by atoms with E-state index in [1.165, 1.54) is 0 Å². The van der Waals surface area contributed by atoms with Crippen molar-refractivity contribution in [1.82, 2.24) is 30.0 Å². The van der Waals surface area contributed by atoms with Crippen LogP contribution in [-0.2, 0) is 12.0 Å². The van der Waals surface area contributed by atoms with Gasteiger partial charge in [0.05, 0.1) is 41.2 Å². The third-order valence-electron chi connectivity index (χ3n) is 9.40. The highest BCUT2D eigenvalue weighted by molar-refractivity contribution is 6.03. The molecular formula is C42H34N6O2. The number of carbonyl (C=O) groups excluding carboxylic acids is 1. The zero-order valence-electron chi connectivity index (χ0n) is 27.1. The molecule has 3 aromatic heterocycles. The number of hydrogen-bond donors (Lipinski definition) is 3. The summed E-state index contributed by atoms with van der Waals surface area (Å²) in [6.07, 6.45) is 3.53. The number of pyridine rings is 1. The minimum Gasteiger partial charge on any atom is -0.394 e. The van der Waals surface area contributed by atoms with E-state index in [1.54, 1.807) is 12.4 Å². The van der Waals surface area contributed by atoms with Gasteiger partial charge in [0, 0.05) is 23.3 Å². The molecule has 50 heavy (non-hydrogen) atoms. The minimum absolute atomic E-state index is 0.166. The van der Waals surface area contributed by atoms with Gasteiger partial charge < -0.3 is 15.4 Å². The van der Waals surface area contributed by atoms with Crippen molar-refractivity contribution in [3.8, 4) is 11.3 Å². The number of nitrogens with one attached hydrogen (secondary N) is 2. The highest BCUT2D eigenvalue weighted by atomic mass is 16.3. The zero-order chi connectivity index (χ0) is 33.9. The third kappa shape index (κ3) is 5.61. The lowest BCUT2D eigenvalue weighted by Crippen LogP contribution is -2.35. The summed E-state index contributed by atoms with van der Waals surface area (Å²) in [5, 5.41) is 19.2. The van der Waals surface area contributed by atoms with Crippen LogP contribution in [0.4, 0.5) is 0 Å². The van der Waals surface area contributed by atoms with Crippen LogP contribution in [-0.4, -0.2) is 42.4 Å². The second-order valence-corrected chi connectivity index (χ2v) is 12.3. The molecule has 8 rings (SSSR count). The second kappa shape index (κ2) is 13.3. The monoisotopic (exact) mass is 654 g/mol. The Morgan fingerprint density at radius 2 is 1.32 bits per heavy atom. The van der Waals surface area contributed by atoms with Gasteiger partial charge in [-0.2, -0.15) is 5.10 Å². The van der Waals surface area contributed by atoms with Crippen molar-refractivity contribution >= 4 is 27.8 Å². The SMILES string of the molecule is O=C(NC(CO)c1ccccc1)c1nc2cc3c(-c4ccncc4)nn(CC(c4ccccc4)(c4ccccc4)c4ccccc4)c3cc2[nH]1. The van der Waals surface area contributed by atoms with Gasteiger partial charge in [-0.15, -0.1) is 0 Å².